The van der Waals surface area contributed by atoms with Crippen molar-refractivity contribution in [2.24, 2.45) is 16.6 Å². The number of nitrogens with one attached hydrogen (secondary N) is 1. The van der Waals surface area contributed by atoms with E-state index < -0.39 is 0 Å². The fourth-order valence-corrected chi connectivity index (χ4v) is 0.737. The number of guanidine groups is 1. The van der Waals surface area contributed by atoms with Crippen molar-refractivity contribution in [3.63, 3.8) is 0 Å². The van der Waals surface area contributed by atoms with Gasteiger partial charge >= 0.3 is 0 Å². The summed E-state index contributed by atoms with van der Waals surface area (Å²) in [5, 5.41) is 8.77. The van der Waals surface area contributed by atoms with Crippen molar-refractivity contribution in [3.8, 4) is 0 Å². The van der Waals surface area contributed by atoms with Gasteiger partial charge in [-0.2, -0.15) is 0 Å². The maximum absolute atomic E-state index is 8.77. The second-order valence-corrected chi connectivity index (χ2v) is 2.52. The number of hydrogen-bond acceptors (Lipinski definition) is 3. The van der Waals surface area contributed by atoms with E-state index in [1.165, 1.54) is 0 Å². The molecule has 1 saturated carbocycles. The molecule has 10 heavy (non-hydrogen) atoms. The molecule has 0 bridgehead atoms. The Morgan fingerprint density at radius 2 is 2.30 bits per heavy atom. The topological polar surface area (TPSA) is 96.7 Å². The summed E-state index contributed by atoms with van der Waals surface area (Å²) in [6, 6.07) is 0. The van der Waals surface area contributed by atoms with Crippen molar-refractivity contribution in [1.29, 1.82) is 0 Å². The van der Waals surface area contributed by atoms with E-state index in [-0.39, 0.29) is 18.1 Å². The normalized spacial score (nSPS) is 22.4. The van der Waals surface area contributed by atoms with Gasteiger partial charge in [0.15, 0.2) is 0 Å². The van der Waals surface area contributed by atoms with Gasteiger partial charge in [-0.1, -0.05) is 0 Å². The van der Waals surface area contributed by atoms with Gasteiger partial charge < -0.3 is 10.8 Å². The lowest BCUT2D eigenvalue weighted by atomic mass is 10.3. The molecule has 1 aliphatic carbocycles. The first-order chi connectivity index (χ1) is 4.72. The maximum Gasteiger partial charge on any atom is 0.203 e. The molecular weight excluding hydrogens is 132 g/mol. The van der Waals surface area contributed by atoms with E-state index >= 15 is 0 Å². The molecule has 0 unspecified atom stereocenters. The summed E-state index contributed by atoms with van der Waals surface area (Å²) in [5.74, 6) is 5.16. The lowest BCUT2D eigenvalue weighted by molar-refractivity contribution is 0.257. The molecule has 0 aromatic rings. The van der Waals surface area contributed by atoms with Crippen LogP contribution in [0.4, 0.5) is 0 Å². The van der Waals surface area contributed by atoms with Gasteiger partial charge in [-0.25, -0.2) is 10.8 Å². The summed E-state index contributed by atoms with van der Waals surface area (Å²) in [6.45, 7) is 0.0510. The van der Waals surface area contributed by atoms with Crippen LogP contribution >= 0.6 is 0 Å². The quantitative estimate of drug-likeness (QED) is 0.160. The van der Waals surface area contributed by atoms with Crippen LogP contribution in [0.25, 0.3) is 0 Å². The van der Waals surface area contributed by atoms with Crippen molar-refractivity contribution in [2.45, 2.75) is 18.4 Å². The highest BCUT2D eigenvalue weighted by Crippen LogP contribution is 2.38. The number of hydrogen-bond donors (Lipinski definition) is 4. The molecule has 0 aromatic heterocycles. The summed E-state index contributed by atoms with van der Waals surface area (Å²) >= 11 is 0. The van der Waals surface area contributed by atoms with Crippen LogP contribution in [0.5, 0.6) is 0 Å². The molecule has 58 valence electrons. The van der Waals surface area contributed by atoms with Crippen molar-refractivity contribution in [3.05, 3.63) is 0 Å². The van der Waals surface area contributed by atoms with Crippen LogP contribution in [0.2, 0.25) is 0 Å². The summed E-state index contributed by atoms with van der Waals surface area (Å²) in [4.78, 5) is 3.97. The number of aliphatic hydroxyl groups excluding tert-OH is 1. The minimum absolute atomic E-state index is 0.0510. The molecule has 0 heterocycles. The second kappa shape index (κ2) is 2.43. The van der Waals surface area contributed by atoms with Gasteiger partial charge in [0.05, 0.1) is 12.1 Å². The molecule has 0 amide bonds. The molecule has 0 atom stereocenters. The third-order valence-corrected chi connectivity index (χ3v) is 1.63. The van der Waals surface area contributed by atoms with E-state index in [1.807, 2.05) is 0 Å². The van der Waals surface area contributed by atoms with E-state index in [2.05, 4.69) is 10.4 Å². The molecule has 5 nitrogen and oxygen atoms in total. The Balaban J connectivity index is 2.50. The van der Waals surface area contributed by atoms with Gasteiger partial charge in [-0.05, 0) is 12.8 Å². The Morgan fingerprint density at radius 3 is 2.60 bits per heavy atom. The van der Waals surface area contributed by atoms with Gasteiger partial charge in [0.1, 0.15) is 0 Å². The predicted octanol–water partition coefficient (Wildman–Crippen LogP) is -1.71. The largest absolute Gasteiger partial charge is 0.394 e. The van der Waals surface area contributed by atoms with Crippen molar-refractivity contribution in [2.75, 3.05) is 6.61 Å². The zero-order chi connectivity index (χ0) is 7.61. The van der Waals surface area contributed by atoms with Crippen LogP contribution in [0.1, 0.15) is 12.8 Å². The zero-order valence-electron chi connectivity index (χ0n) is 5.67. The van der Waals surface area contributed by atoms with Crippen LogP contribution in [-0.4, -0.2) is 23.2 Å². The van der Waals surface area contributed by atoms with Gasteiger partial charge in [0.25, 0.3) is 0 Å². The highest BCUT2D eigenvalue weighted by molar-refractivity contribution is 5.77. The number of aliphatic imine (C=N–C) groups is 1. The second-order valence-electron chi connectivity index (χ2n) is 2.52. The third kappa shape index (κ3) is 1.37. The first-order valence-corrected chi connectivity index (χ1v) is 3.15. The van der Waals surface area contributed by atoms with Crippen LogP contribution < -0.4 is 17.0 Å². The lowest BCUT2D eigenvalue weighted by Crippen LogP contribution is -2.38. The molecule has 1 aliphatic rings. The van der Waals surface area contributed by atoms with E-state index in [1.54, 1.807) is 0 Å². The number of rotatable bonds is 2. The molecule has 0 aromatic carbocycles. The Morgan fingerprint density at radius 1 is 1.70 bits per heavy atom. The standard InChI is InChI=1S/C5H12N4O/c6-4(9-7)8-5(3-10)1-2-5/h10H,1-3,7H2,(H3,6,8,9). The van der Waals surface area contributed by atoms with Crippen LogP contribution in [0, 0.1) is 0 Å². The first-order valence-electron chi connectivity index (χ1n) is 3.15. The highest BCUT2D eigenvalue weighted by Gasteiger charge is 2.42. The van der Waals surface area contributed by atoms with Crippen LogP contribution in [0.15, 0.2) is 4.99 Å². The molecule has 5 heteroatoms. The number of nitrogens with two attached hydrogens (primary N) is 2. The van der Waals surface area contributed by atoms with Crippen molar-refractivity contribution >= 4 is 5.96 Å². The Kier molecular flexibility index (Phi) is 1.78. The molecule has 0 aliphatic heterocycles. The zero-order valence-corrected chi connectivity index (χ0v) is 5.67. The van der Waals surface area contributed by atoms with E-state index in [9.17, 15) is 0 Å². The summed E-state index contributed by atoms with van der Waals surface area (Å²) in [7, 11) is 0. The monoisotopic (exact) mass is 144 g/mol. The molecular formula is C5H12N4O. The Bertz CT molecular complexity index is 152. The van der Waals surface area contributed by atoms with E-state index in [4.69, 9.17) is 16.7 Å². The fraction of sp³-hybridized carbons (Fsp3) is 0.800. The third-order valence-electron chi connectivity index (χ3n) is 1.63. The van der Waals surface area contributed by atoms with Gasteiger partial charge in [-0.15, -0.1) is 0 Å². The molecule has 6 N–H and O–H groups in total. The SMILES string of the molecule is NNC(N)=NC1(CO)CC1. The summed E-state index contributed by atoms with van der Waals surface area (Å²) in [5.41, 5.74) is 7.18. The number of nitrogens with zero attached hydrogens (tertiary/aromatic N) is 1. The Labute approximate surface area is 59.1 Å². The minimum atomic E-state index is -0.309. The number of aliphatic hydroxyl groups is 1. The van der Waals surface area contributed by atoms with Crippen molar-refractivity contribution in [1.82, 2.24) is 5.43 Å². The van der Waals surface area contributed by atoms with E-state index in [0.29, 0.717) is 0 Å². The first kappa shape index (κ1) is 7.30. The number of hydrazine groups is 1. The Hall–Kier alpha value is -0.810. The highest BCUT2D eigenvalue weighted by atomic mass is 16.3. The van der Waals surface area contributed by atoms with Crippen molar-refractivity contribution < 1.29 is 5.11 Å². The maximum atomic E-state index is 8.77. The molecule has 0 radical (unpaired) electrons. The average Bonchev–Trinajstić information content (AvgIpc) is 2.70. The van der Waals surface area contributed by atoms with Crippen LogP contribution in [0.3, 0.4) is 0 Å². The van der Waals surface area contributed by atoms with Crippen LogP contribution in [-0.2, 0) is 0 Å². The lowest BCUT2D eigenvalue weighted by Gasteiger charge is -2.05. The smallest absolute Gasteiger partial charge is 0.203 e. The molecule has 1 fully saturated rings. The average molecular weight is 144 g/mol. The molecule has 1 rings (SSSR count). The van der Waals surface area contributed by atoms with Gasteiger partial charge in [-0.3, -0.25) is 5.43 Å². The summed E-state index contributed by atoms with van der Waals surface area (Å²) < 4.78 is 0. The van der Waals surface area contributed by atoms with E-state index in [0.717, 1.165) is 12.8 Å². The predicted molar refractivity (Wildman–Crippen MR) is 38.0 cm³/mol. The van der Waals surface area contributed by atoms with Gasteiger partial charge in [0, 0.05) is 0 Å². The molecule has 0 spiro atoms. The minimum Gasteiger partial charge on any atom is -0.394 e. The van der Waals surface area contributed by atoms with Gasteiger partial charge in [0.2, 0.25) is 5.96 Å². The fourth-order valence-electron chi connectivity index (χ4n) is 0.737. The molecule has 0 saturated heterocycles. The summed E-state index contributed by atoms with van der Waals surface area (Å²) in [6.07, 6.45) is 1.79.